The minimum atomic E-state index is -3.48. The first kappa shape index (κ1) is 22.6. The van der Waals surface area contributed by atoms with E-state index in [-0.39, 0.29) is 18.9 Å². The third kappa shape index (κ3) is 6.46. The summed E-state index contributed by atoms with van der Waals surface area (Å²) in [6.07, 6.45) is 1.85. The van der Waals surface area contributed by atoms with Crippen molar-refractivity contribution >= 4 is 32.4 Å². The van der Waals surface area contributed by atoms with Crippen molar-refractivity contribution in [3.05, 3.63) is 72.3 Å². The molecule has 0 aromatic heterocycles. The van der Waals surface area contributed by atoms with Gasteiger partial charge in [-0.2, -0.15) is 0 Å². The number of ether oxygens (including phenoxy) is 1. The third-order valence-corrected chi connectivity index (χ3v) is 6.06. The summed E-state index contributed by atoms with van der Waals surface area (Å²) in [4.78, 5) is 12.2. The predicted molar refractivity (Wildman–Crippen MR) is 125 cm³/mol. The van der Waals surface area contributed by atoms with Gasteiger partial charge in [-0.3, -0.25) is 9.10 Å². The highest BCUT2D eigenvalue weighted by Crippen LogP contribution is 2.28. The Morgan fingerprint density at radius 2 is 1.77 bits per heavy atom. The normalized spacial score (nSPS) is 11.3. The molecule has 3 rings (SSSR count). The first-order chi connectivity index (χ1) is 14.8. The van der Waals surface area contributed by atoms with E-state index in [2.05, 4.69) is 5.32 Å². The number of hydrogen-bond acceptors (Lipinski definition) is 4. The average Bonchev–Trinajstić information content (AvgIpc) is 2.73. The quantitative estimate of drug-likeness (QED) is 0.485. The van der Waals surface area contributed by atoms with E-state index in [9.17, 15) is 13.2 Å². The van der Waals surface area contributed by atoms with Crippen LogP contribution in [0.4, 0.5) is 5.69 Å². The molecular weight excluding hydrogens is 412 g/mol. The predicted octanol–water partition coefficient (Wildman–Crippen LogP) is 3.89. The molecule has 0 heterocycles. The summed E-state index contributed by atoms with van der Waals surface area (Å²) in [5.41, 5.74) is 1.75. The Bertz CT molecular complexity index is 1140. The van der Waals surface area contributed by atoms with Crippen molar-refractivity contribution in [3.8, 4) is 5.75 Å². The first-order valence-corrected chi connectivity index (χ1v) is 12.1. The van der Waals surface area contributed by atoms with Crippen LogP contribution in [0.25, 0.3) is 10.8 Å². The van der Waals surface area contributed by atoms with Crippen LogP contribution in [0, 0.1) is 6.92 Å². The fourth-order valence-corrected chi connectivity index (χ4v) is 4.40. The summed E-state index contributed by atoms with van der Waals surface area (Å²) in [6, 6.07) is 21.0. The molecule has 3 aromatic carbocycles. The molecule has 3 aromatic rings. The van der Waals surface area contributed by atoms with Crippen molar-refractivity contribution in [2.75, 3.05) is 30.3 Å². The number of aryl methyl sites for hydroxylation is 1. The van der Waals surface area contributed by atoms with Crippen LogP contribution in [-0.4, -0.2) is 40.3 Å². The lowest BCUT2D eigenvalue weighted by molar-refractivity contribution is -0.121. The standard InChI is InChI=1S/C24H28N2O4S/c1-19-8-5-11-21(18-19)30-17-15-25-24(27)14-7-16-26(31(2,28)29)23-13-6-10-20-9-3-4-12-22(20)23/h3-6,8-13,18H,7,14-17H2,1-2H3,(H,25,27). The largest absolute Gasteiger partial charge is 0.492 e. The van der Waals surface area contributed by atoms with E-state index in [0.29, 0.717) is 25.3 Å². The van der Waals surface area contributed by atoms with Gasteiger partial charge in [-0.1, -0.05) is 48.5 Å². The zero-order valence-corrected chi connectivity index (χ0v) is 18.7. The minimum absolute atomic E-state index is 0.126. The second-order valence-electron chi connectivity index (χ2n) is 7.45. The van der Waals surface area contributed by atoms with Gasteiger partial charge in [-0.15, -0.1) is 0 Å². The molecule has 0 spiro atoms. The van der Waals surface area contributed by atoms with E-state index in [1.165, 1.54) is 10.6 Å². The van der Waals surface area contributed by atoms with E-state index in [1.807, 2.05) is 67.6 Å². The molecule has 6 nitrogen and oxygen atoms in total. The van der Waals surface area contributed by atoms with Crippen LogP contribution < -0.4 is 14.4 Å². The Morgan fingerprint density at radius 3 is 2.55 bits per heavy atom. The maximum absolute atomic E-state index is 12.4. The van der Waals surface area contributed by atoms with Crippen LogP contribution in [-0.2, 0) is 14.8 Å². The van der Waals surface area contributed by atoms with Crippen LogP contribution in [0.3, 0.4) is 0 Å². The maximum atomic E-state index is 12.4. The monoisotopic (exact) mass is 440 g/mol. The fraction of sp³-hybridized carbons (Fsp3) is 0.292. The molecule has 0 aliphatic rings. The maximum Gasteiger partial charge on any atom is 0.232 e. The highest BCUT2D eigenvalue weighted by Gasteiger charge is 2.19. The van der Waals surface area contributed by atoms with Crippen LogP contribution >= 0.6 is 0 Å². The number of sulfonamides is 1. The van der Waals surface area contributed by atoms with Crippen molar-refractivity contribution in [2.45, 2.75) is 19.8 Å². The molecule has 0 unspecified atom stereocenters. The van der Waals surface area contributed by atoms with Gasteiger partial charge in [-0.25, -0.2) is 8.42 Å². The molecule has 0 saturated heterocycles. The van der Waals surface area contributed by atoms with Gasteiger partial charge < -0.3 is 10.1 Å². The highest BCUT2D eigenvalue weighted by atomic mass is 32.2. The highest BCUT2D eigenvalue weighted by molar-refractivity contribution is 7.92. The van der Waals surface area contributed by atoms with Gasteiger partial charge in [0.1, 0.15) is 12.4 Å². The average molecular weight is 441 g/mol. The van der Waals surface area contributed by atoms with Crippen molar-refractivity contribution in [3.63, 3.8) is 0 Å². The summed E-state index contributed by atoms with van der Waals surface area (Å²) in [5.74, 6) is 0.646. The molecule has 0 fully saturated rings. The van der Waals surface area contributed by atoms with Crippen LogP contribution in [0.1, 0.15) is 18.4 Å². The van der Waals surface area contributed by atoms with Gasteiger partial charge in [0.25, 0.3) is 0 Å². The van der Waals surface area contributed by atoms with Gasteiger partial charge in [0.2, 0.25) is 15.9 Å². The molecule has 0 atom stereocenters. The van der Waals surface area contributed by atoms with Crippen molar-refractivity contribution < 1.29 is 17.9 Å². The summed E-state index contributed by atoms with van der Waals surface area (Å²) < 4.78 is 31.9. The molecule has 31 heavy (non-hydrogen) atoms. The number of benzene rings is 3. The molecule has 1 N–H and O–H groups in total. The molecule has 1 amide bonds. The number of carbonyl (C=O) groups is 1. The van der Waals surface area contributed by atoms with E-state index >= 15 is 0 Å². The Balaban J connectivity index is 1.51. The third-order valence-electron chi connectivity index (χ3n) is 4.88. The van der Waals surface area contributed by atoms with Gasteiger partial charge in [0, 0.05) is 18.4 Å². The summed E-state index contributed by atoms with van der Waals surface area (Å²) in [5, 5.41) is 4.66. The number of nitrogens with one attached hydrogen (secondary N) is 1. The number of nitrogens with zero attached hydrogens (tertiary/aromatic N) is 1. The van der Waals surface area contributed by atoms with Gasteiger partial charge >= 0.3 is 0 Å². The van der Waals surface area contributed by atoms with Gasteiger partial charge in [0.15, 0.2) is 0 Å². The minimum Gasteiger partial charge on any atom is -0.492 e. The van der Waals surface area contributed by atoms with E-state index in [0.717, 1.165) is 22.1 Å². The molecule has 0 bridgehead atoms. The van der Waals surface area contributed by atoms with Crippen molar-refractivity contribution in [1.29, 1.82) is 0 Å². The van der Waals surface area contributed by atoms with Crippen molar-refractivity contribution in [2.24, 2.45) is 0 Å². The number of amides is 1. The summed E-state index contributed by atoms with van der Waals surface area (Å²) >= 11 is 0. The Kier molecular flexibility index (Phi) is 7.52. The Labute approximate surface area is 183 Å². The lowest BCUT2D eigenvalue weighted by Gasteiger charge is -2.24. The zero-order valence-electron chi connectivity index (χ0n) is 17.9. The second-order valence-corrected chi connectivity index (χ2v) is 9.36. The smallest absolute Gasteiger partial charge is 0.232 e. The van der Waals surface area contributed by atoms with Crippen LogP contribution in [0.2, 0.25) is 0 Å². The number of hydrogen-bond donors (Lipinski definition) is 1. The molecular formula is C24H28N2O4S. The summed E-state index contributed by atoms with van der Waals surface area (Å²) in [7, 11) is -3.48. The van der Waals surface area contributed by atoms with Gasteiger partial charge in [0.05, 0.1) is 18.5 Å². The fourth-order valence-electron chi connectivity index (χ4n) is 3.43. The molecule has 0 saturated carbocycles. The van der Waals surface area contributed by atoms with Gasteiger partial charge in [-0.05, 0) is 42.5 Å². The molecule has 0 aliphatic carbocycles. The van der Waals surface area contributed by atoms with E-state index in [1.54, 1.807) is 6.07 Å². The lowest BCUT2D eigenvalue weighted by Crippen LogP contribution is -2.33. The molecule has 164 valence electrons. The Hall–Kier alpha value is -3.06. The topological polar surface area (TPSA) is 75.7 Å². The van der Waals surface area contributed by atoms with E-state index in [4.69, 9.17) is 4.74 Å². The number of rotatable bonds is 10. The SMILES string of the molecule is Cc1cccc(OCCNC(=O)CCCN(c2cccc3ccccc23)S(C)(=O)=O)c1. The first-order valence-electron chi connectivity index (χ1n) is 10.3. The number of anilines is 1. The second kappa shape index (κ2) is 10.3. The lowest BCUT2D eigenvalue weighted by atomic mass is 10.1. The summed E-state index contributed by atoms with van der Waals surface area (Å²) in [6.45, 7) is 3.00. The zero-order chi connectivity index (χ0) is 22.3. The number of fused-ring (bicyclic) bond motifs is 1. The van der Waals surface area contributed by atoms with E-state index < -0.39 is 10.0 Å². The number of carbonyl (C=O) groups excluding carboxylic acids is 1. The Morgan fingerprint density at radius 1 is 1.03 bits per heavy atom. The van der Waals surface area contributed by atoms with Crippen molar-refractivity contribution in [1.82, 2.24) is 5.32 Å². The molecule has 0 radical (unpaired) electrons. The molecule has 7 heteroatoms. The van der Waals surface area contributed by atoms with Crippen LogP contribution in [0.5, 0.6) is 5.75 Å². The van der Waals surface area contributed by atoms with Crippen LogP contribution in [0.15, 0.2) is 66.7 Å². The molecule has 0 aliphatic heterocycles.